The van der Waals surface area contributed by atoms with Gasteiger partial charge in [0.2, 0.25) is 0 Å². The van der Waals surface area contributed by atoms with Gasteiger partial charge < -0.3 is 15.2 Å². The number of carboxylic acids is 1. The molecule has 0 radical (unpaired) electrons. The van der Waals surface area contributed by atoms with Crippen LogP contribution in [0.4, 0.5) is 0 Å². The van der Waals surface area contributed by atoms with Gasteiger partial charge in [-0.1, -0.05) is 38.1 Å². The zero-order valence-electron chi connectivity index (χ0n) is 13.9. The highest BCUT2D eigenvalue weighted by Crippen LogP contribution is 2.08. The third-order valence-corrected chi connectivity index (χ3v) is 3.40. The SMILES string of the molecule is COC(=O)/C=C/c1ccc(CCN[C@@H](CC(C)C)C(=O)O)cc1. The number of methoxy groups -OCH3 is 1. The van der Waals surface area contributed by atoms with E-state index in [2.05, 4.69) is 10.1 Å². The maximum atomic E-state index is 11.2. The lowest BCUT2D eigenvalue weighted by atomic mass is 10.0. The first-order valence-electron chi connectivity index (χ1n) is 7.73. The lowest BCUT2D eigenvalue weighted by molar-refractivity contribution is -0.140. The molecule has 1 rings (SSSR count). The van der Waals surface area contributed by atoms with Gasteiger partial charge >= 0.3 is 11.9 Å². The van der Waals surface area contributed by atoms with Crippen LogP contribution in [0.25, 0.3) is 6.08 Å². The molecule has 0 aromatic heterocycles. The van der Waals surface area contributed by atoms with Crippen LogP contribution in [0.3, 0.4) is 0 Å². The van der Waals surface area contributed by atoms with Crippen LogP contribution < -0.4 is 5.32 Å². The van der Waals surface area contributed by atoms with Crippen molar-refractivity contribution in [1.29, 1.82) is 0 Å². The van der Waals surface area contributed by atoms with Gasteiger partial charge in [0.15, 0.2) is 0 Å². The van der Waals surface area contributed by atoms with Crippen molar-refractivity contribution in [1.82, 2.24) is 5.32 Å². The number of nitrogens with one attached hydrogen (secondary N) is 1. The van der Waals surface area contributed by atoms with Gasteiger partial charge in [-0.05, 0) is 42.5 Å². The van der Waals surface area contributed by atoms with Crippen molar-refractivity contribution in [3.05, 3.63) is 41.5 Å². The molecule has 2 N–H and O–H groups in total. The highest BCUT2D eigenvalue weighted by Gasteiger charge is 2.17. The quantitative estimate of drug-likeness (QED) is 0.540. The fourth-order valence-electron chi connectivity index (χ4n) is 2.16. The van der Waals surface area contributed by atoms with E-state index in [1.807, 2.05) is 38.1 Å². The van der Waals surface area contributed by atoms with Crippen molar-refractivity contribution in [2.45, 2.75) is 32.7 Å². The van der Waals surface area contributed by atoms with Gasteiger partial charge in [-0.25, -0.2) is 4.79 Å². The minimum atomic E-state index is -0.804. The summed E-state index contributed by atoms with van der Waals surface area (Å²) in [6.45, 7) is 4.64. The number of carbonyl (C=O) groups is 2. The summed E-state index contributed by atoms with van der Waals surface area (Å²) in [7, 11) is 1.34. The van der Waals surface area contributed by atoms with Crippen molar-refractivity contribution in [3.63, 3.8) is 0 Å². The molecule has 1 aromatic rings. The Morgan fingerprint density at radius 1 is 1.26 bits per heavy atom. The van der Waals surface area contributed by atoms with E-state index >= 15 is 0 Å². The molecular formula is C18H25NO4. The Morgan fingerprint density at radius 2 is 1.91 bits per heavy atom. The fraction of sp³-hybridized carbons (Fsp3) is 0.444. The number of esters is 1. The highest BCUT2D eigenvalue weighted by atomic mass is 16.5. The van der Waals surface area contributed by atoms with Crippen LogP contribution in [0.5, 0.6) is 0 Å². The number of carbonyl (C=O) groups excluding carboxylic acids is 1. The summed E-state index contributed by atoms with van der Waals surface area (Å²) >= 11 is 0. The van der Waals surface area contributed by atoms with E-state index in [0.717, 1.165) is 17.5 Å². The van der Waals surface area contributed by atoms with Crippen LogP contribution in [0.2, 0.25) is 0 Å². The van der Waals surface area contributed by atoms with E-state index in [1.54, 1.807) is 6.08 Å². The maximum Gasteiger partial charge on any atom is 0.330 e. The van der Waals surface area contributed by atoms with Gasteiger partial charge in [0.05, 0.1) is 7.11 Å². The predicted octanol–water partition coefficient (Wildman–Crippen LogP) is 2.50. The Hall–Kier alpha value is -2.14. The van der Waals surface area contributed by atoms with E-state index < -0.39 is 12.0 Å². The van der Waals surface area contributed by atoms with Gasteiger partial charge in [-0.3, -0.25) is 4.79 Å². The van der Waals surface area contributed by atoms with Crippen LogP contribution in [0.1, 0.15) is 31.4 Å². The normalized spacial score (nSPS) is 12.5. The van der Waals surface area contributed by atoms with E-state index in [-0.39, 0.29) is 5.97 Å². The number of rotatable bonds is 9. The lowest BCUT2D eigenvalue weighted by Crippen LogP contribution is -2.38. The van der Waals surface area contributed by atoms with Crippen LogP contribution in [0, 0.1) is 5.92 Å². The number of hydrogen-bond donors (Lipinski definition) is 2. The van der Waals surface area contributed by atoms with E-state index in [9.17, 15) is 14.7 Å². The van der Waals surface area contributed by atoms with Crippen LogP contribution in [-0.4, -0.2) is 36.7 Å². The first kappa shape index (κ1) is 18.9. The number of hydrogen-bond acceptors (Lipinski definition) is 4. The molecule has 0 aliphatic rings. The molecule has 0 heterocycles. The first-order valence-corrected chi connectivity index (χ1v) is 7.73. The molecule has 0 bridgehead atoms. The topological polar surface area (TPSA) is 75.6 Å². The van der Waals surface area contributed by atoms with Crippen LogP contribution in [0.15, 0.2) is 30.3 Å². The van der Waals surface area contributed by atoms with Gasteiger partial charge in [-0.15, -0.1) is 0 Å². The third-order valence-electron chi connectivity index (χ3n) is 3.40. The maximum absolute atomic E-state index is 11.2. The summed E-state index contributed by atoms with van der Waals surface area (Å²) in [6, 6.07) is 7.26. The molecule has 0 amide bonds. The molecule has 23 heavy (non-hydrogen) atoms. The molecule has 0 saturated carbocycles. The van der Waals surface area contributed by atoms with Crippen molar-refractivity contribution < 1.29 is 19.4 Å². The Balaban J connectivity index is 2.47. The molecule has 1 atom stereocenters. The Kier molecular flexibility index (Phi) is 8.05. The van der Waals surface area contributed by atoms with Crippen LogP contribution >= 0.6 is 0 Å². The smallest absolute Gasteiger partial charge is 0.330 e. The van der Waals surface area contributed by atoms with Gasteiger partial charge in [-0.2, -0.15) is 0 Å². The monoisotopic (exact) mass is 319 g/mol. The molecule has 0 spiro atoms. The highest BCUT2D eigenvalue weighted by molar-refractivity contribution is 5.86. The average Bonchev–Trinajstić information content (AvgIpc) is 2.52. The Morgan fingerprint density at radius 3 is 2.43 bits per heavy atom. The summed E-state index contributed by atoms with van der Waals surface area (Å²) in [6.07, 6.45) is 4.44. The van der Waals surface area contributed by atoms with Crippen molar-refractivity contribution >= 4 is 18.0 Å². The van der Waals surface area contributed by atoms with Crippen LogP contribution in [-0.2, 0) is 20.7 Å². The Labute approximate surface area is 137 Å². The summed E-state index contributed by atoms with van der Waals surface area (Å²) < 4.78 is 4.54. The van der Waals surface area contributed by atoms with Gasteiger partial charge in [0.1, 0.15) is 6.04 Å². The second-order valence-corrected chi connectivity index (χ2v) is 5.82. The predicted molar refractivity (Wildman–Crippen MR) is 90.1 cm³/mol. The number of benzene rings is 1. The summed E-state index contributed by atoms with van der Waals surface area (Å²) in [5.41, 5.74) is 2.02. The lowest BCUT2D eigenvalue weighted by Gasteiger charge is -2.16. The molecule has 5 nitrogen and oxygen atoms in total. The number of carboxylic acid groups (broad SMARTS) is 1. The van der Waals surface area contributed by atoms with E-state index in [4.69, 9.17) is 0 Å². The Bertz CT molecular complexity index is 534. The molecular weight excluding hydrogens is 294 g/mol. The summed E-state index contributed by atoms with van der Waals surface area (Å²) in [5.74, 6) is -0.852. The van der Waals surface area contributed by atoms with Gasteiger partial charge in [0, 0.05) is 6.08 Å². The van der Waals surface area contributed by atoms with Crippen molar-refractivity contribution in [3.8, 4) is 0 Å². The first-order chi connectivity index (χ1) is 10.9. The largest absolute Gasteiger partial charge is 0.480 e. The minimum Gasteiger partial charge on any atom is -0.480 e. The summed E-state index contributed by atoms with van der Waals surface area (Å²) in [4.78, 5) is 22.2. The van der Waals surface area contributed by atoms with E-state index in [0.29, 0.717) is 18.9 Å². The number of ether oxygens (including phenoxy) is 1. The second-order valence-electron chi connectivity index (χ2n) is 5.82. The van der Waals surface area contributed by atoms with Crippen molar-refractivity contribution in [2.75, 3.05) is 13.7 Å². The second kappa shape index (κ2) is 9.79. The van der Waals surface area contributed by atoms with Crippen molar-refractivity contribution in [2.24, 2.45) is 5.92 Å². The molecule has 0 saturated heterocycles. The molecule has 0 aliphatic carbocycles. The molecule has 0 unspecified atom stereocenters. The standard InChI is InChI=1S/C18H25NO4/c1-13(2)12-16(18(21)22)19-11-10-15-6-4-14(5-7-15)8-9-17(20)23-3/h4-9,13,16,19H,10-12H2,1-3H3,(H,21,22)/b9-8+/t16-/m0/s1. The summed E-state index contributed by atoms with van der Waals surface area (Å²) in [5, 5.41) is 12.3. The zero-order valence-corrected chi connectivity index (χ0v) is 13.9. The molecule has 5 heteroatoms. The van der Waals surface area contributed by atoms with Gasteiger partial charge in [0.25, 0.3) is 0 Å². The minimum absolute atomic E-state index is 0.337. The number of aliphatic carboxylic acids is 1. The average molecular weight is 319 g/mol. The molecule has 1 aromatic carbocycles. The molecule has 0 aliphatic heterocycles. The molecule has 0 fully saturated rings. The van der Waals surface area contributed by atoms with E-state index in [1.165, 1.54) is 13.2 Å². The third kappa shape index (κ3) is 7.61. The molecule has 126 valence electrons. The fourth-order valence-corrected chi connectivity index (χ4v) is 2.16. The zero-order chi connectivity index (χ0) is 17.2.